The number of hydrogen-bond acceptors (Lipinski definition) is 6. The molecule has 0 aliphatic carbocycles. The quantitative estimate of drug-likeness (QED) is 0.242. The average molecular weight is 459 g/mol. The number of carbonyl (C=O) groups is 1. The topological polar surface area (TPSA) is 118 Å². The molecule has 1 aromatic heterocycles. The predicted octanol–water partition coefficient (Wildman–Crippen LogP) is 4.38. The van der Waals surface area contributed by atoms with Gasteiger partial charge in [0.25, 0.3) is 11.6 Å². The molecule has 34 heavy (non-hydrogen) atoms. The van der Waals surface area contributed by atoms with E-state index < -0.39 is 27.9 Å². The van der Waals surface area contributed by atoms with Crippen LogP contribution in [0.2, 0.25) is 0 Å². The van der Waals surface area contributed by atoms with Crippen molar-refractivity contribution in [2.24, 2.45) is 5.10 Å². The fourth-order valence-corrected chi connectivity index (χ4v) is 3.45. The van der Waals surface area contributed by atoms with E-state index in [2.05, 4.69) is 10.5 Å². The summed E-state index contributed by atoms with van der Waals surface area (Å²) < 4.78 is 18.9. The molecule has 0 fully saturated rings. The number of furan rings is 1. The summed E-state index contributed by atoms with van der Waals surface area (Å²) in [6, 6.07) is 23.0. The number of amides is 1. The fraction of sp³-hybridized carbons (Fsp3) is 0.0400. The number of nitro benzene ring substituents is 1. The van der Waals surface area contributed by atoms with Crippen LogP contribution in [0.3, 0.4) is 0 Å². The number of hydrazone groups is 1. The zero-order valence-electron chi connectivity index (χ0n) is 17.6. The molecule has 8 nitrogen and oxygen atoms in total. The lowest BCUT2D eigenvalue weighted by Crippen LogP contribution is -2.43. The van der Waals surface area contributed by atoms with E-state index in [0.29, 0.717) is 11.1 Å². The minimum atomic E-state index is -2.00. The molecule has 4 aromatic rings. The number of nitrogens with one attached hydrogen (secondary N) is 1. The molecule has 170 valence electrons. The van der Waals surface area contributed by atoms with Crippen LogP contribution in [0.5, 0.6) is 0 Å². The molecule has 0 saturated heterocycles. The molecule has 9 heteroatoms. The number of halogens is 1. The number of benzene rings is 3. The molecule has 0 spiro atoms. The van der Waals surface area contributed by atoms with Crippen LogP contribution in [0.1, 0.15) is 16.9 Å². The van der Waals surface area contributed by atoms with E-state index in [-0.39, 0.29) is 17.1 Å². The molecular weight excluding hydrogens is 441 g/mol. The van der Waals surface area contributed by atoms with Crippen LogP contribution in [-0.2, 0) is 10.4 Å². The van der Waals surface area contributed by atoms with Gasteiger partial charge in [0.15, 0.2) is 5.60 Å². The molecule has 1 heterocycles. The highest BCUT2D eigenvalue weighted by Gasteiger charge is 2.39. The van der Waals surface area contributed by atoms with Gasteiger partial charge in [0.1, 0.15) is 17.3 Å². The van der Waals surface area contributed by atoms with Crippen LogP contribution in [-0.4, -0.2) is 22.2 Å². The molecule has 0 atom stereocenters. The molecule has 0 radical (unpaired) electrons. The summed E-state index contributed by atoms with van der Waals surface area (Å²) in [5, 5.41) is 26.5. The monoisotopic (exact) mass is 459 g/mol. The summed E-state index contributed by atoms with van der Waals surface area (Å²) in [5.74, 6) is -1.22. The summed E-state index contributed by atoms with van der Waals surface area (Å²) in [7, 11) is 0. The molecule has 1 amide bonds. The maximum absolute atomic E-state index is 13.4. The summed E-state index contributed by atoms with van der Waals surface area (Å²) in [6.07, 6.45) is 1.19. The predicted molar refractivity (Wildman–Crippen MR) is 122 cm³/mol. The Morgan fingerprint density at radius 2 is 1.62 bits per heavy atom. The van der Waals surface area contributed by atoms with E-state index in [0.717, 1.165) is 12.1 Å². The van der Waals surface area contributed by atoms with Crippen LogP contribution in [0.25, 0.3) is 11.3 Å². The van der Waals surface area contributed by atoms with Gasteiger partial charge < -0.3 is 9.52 Å². The average Bonchev–Trinajstić information content (AvgIpc) is 3.33. The highest BCUT2D eigenvalue weighted by molar-refractivity contribution is 5.91. The van der Waals surface area contributed by atoms with Crippen molar-refractivity contribution < 1.29 is 23.6 Å². The van der Waals surface area contributed by atoms with Gasteiger partial charge in [-0.1, -0.05) is 60.7 Å². The Balaban J connectivity index is 1.56. The molecule has 0 saturated carbocycles. The van der Waals surface area contributed by atoms with Gasteiger partial charge in [-0.25, -0.2) is 9.82 Å². The second kappa shape index (κ2) is 9.47. The Morgan fingerprint density at radius 3 is 2.21 bits per heavy atom. The third-order valence-electron chi connectivity index (χ3n) is 5.12. The first-order chi connectivity index (χ1) is 16.4. The van der Waals surface area contributed by atoms with Gasteiger partial charge in [-0.3, -0.25) is 14.9 Å². The van der Waals surface area contributed by atoms with E-state index in [1.165, 1.54) is 24.4 Å². The Labute approximate surface area is 193 Å². The third kappa shape index (κ3) is 4.45. The van der Waals surface area contributed by atoms with E-state index in [4.69, 9.17) is 4.42 Å². The highest BCUT2D eigenvalue weighted by Crippen LogP contribution is 2.32. The van der Waals surface area contributed by atoms with Crippen molar-refractivity contribution in [3.63, 3.8) is 0 Å². The van der Waals surface area contributed by atoms with Crippen molar-refractivity contribution in [2.45, 2.75) is 5.60 Å². The molecule has 4 rings (SSSR count). The second-order valence-corrected chi connectivity index (χ2v) is 7.26. The lowest BCUT2D eigenvalue weighted by Gasteiger charge is -2.26. The number of nitrogens with zero attached hydrogens (tertiary/aromatic N) is 2. The summed E-state index contributed by atoms with van der Waals surface area (Å²) in [5.41, 5.74) is 0.691. The van der Waals surface area contributed by atoms with Crippen LogP contribution in [0.4, 0.5) is 10.1 Å². The Morgan fingerprint density at radius 1 is 1.00 bits per heavy atom. The van der Waals surface area contributed by atoms with Gasteiger partial charge in [-0.15, -0.1) is 0 Å². The SMILES string of the molecule is O=C(NN=Cc1ccc(-c2ccc(F)cc2[N+](=O)[O-])o1)C(O)(c1ccccc1)c1ccccc1. The Kier molecular flexibility index (Phi) is 6.28. The first-order valence-electron chi connectivity index (χ1n) is 10.1. The van der Waals surface area contributed by atoms with Gasteiger partial charge in [0.2, 0.25) is 0 Å². The zero-order chi connectivity index (χ0) is 24.1. The Bertz CT molecular complexity index is 1310. The van der Waals surface area contributed by atoms with Crippen molar-refractivity contribution in [1.82, 2.24) is 5.43 Å². The van der Waals surface area contributed by atoms with Gasteiger partial charge >= 0.3 is 0 Å². The maximum atomic E-state index is 13.4. The second-order valence-electron chi connectivity index (χ2n) is 7.26. The molecule has 3 aromatic carbocycles. The van der Waals surface area contributed by atoms with Crippen LogP contribution >= 0.6 is 0 Å². The number of nitro groups is 1. The fourth-order valence-electron chi connectivity index (χ4n) is 3.45. The number of hydrogen-bond donors (Lipinski definition) is 2. The molecular formula is C25H18FN3O5. The minimum absolute atomic E-state index is 0.0950. The number of aliphatic hydroxyl groups is 1. The van der Waals surface area contributed by atoms with Crippen LogP contribution in [0.15, 0.2) is 101 Å². The van der Waals surface area contributed by atoms with Gasteiger partial charge in [-0.05, 0) is 35.4 Å². The van der Waals surface area contributed by atoms with Gasteiger partial charge in [-0.2, -0.15) is 5.10 Å². The van der Waals surface area contributed by atoms with E-state index in [9.17, 15) is 24.4 Å². The maximum Gasteiger partial charge on any atom is 0.283 e. The molecule has 2 N–H and O–H groups in total. The van der Waals surface area contributed by atoms with Crippen molar-refractivity contribution >= 4 is 17.8 Å². The minimum Gasteiger partial charge on any atom is -0.455 e. The molecule has 0 aliphatic heterocycles. The van der Waals surface area contributed by atoms with E-state index >= 15 is 0 Å². The van der Waals surface area contributed by atoms with E-state index in [1.807, 2.05) is 0 Å². The van der Waals surface area contributed by atoms with Crippen molar-refractivity contribution in [3.05, 3.63) is 124 Å². The summed E-state index contributed by atoms with van der Waals surface area (Å²) in [4.78, 5) is 23.5. The van der Waals surface area contributed by atoms with Crippen molar-refractivity contribution in [1.29, 1.82) is 0 Å². The number of rotatable bonds is 7. The highest BCUT2D eigenvalue weighted by atomic mass is 19.1. The Hall–Kier alpha value is -4.63. The first kappa shape index (κ1) is 22.6. The largest absolute Gasteiger partial charge is 0.455 e. The zero-order valence-corrected chi connectivity index (χ0v) is 17.6. The molecule has 0 bridgehead atoms. The van der Waals surface area contributed by atoms with Gasteiger partial charge in [0.05, 0.1) is 22.8 Å². The van der Waals surface area contributed by atoms with E-state index in [1.54, 1.807) is 60.7 Å². The first-order valence-corrected chi connectivity index (χ1v) is 10.1. The van der Waals surface area contributed by atoms with Crippen molar-refractivity contribution in [2.75, 3.05) is 0 Å². The lowest BCUT2D eigenvalue weighted by atomic mass is 9.85. The van der Waals surface area contributed by atoms with Gasteiger partial charge in [0, 0.05) is 0 Å². The van der Waals surface area contributed by atoms with Crippen molar-refractivity contribution in [3.8, 4) is 11.3 Å². The van der Waals surface area contributed by atoms with Crippen LogP contribution < -0.4 is 5.43 Å². The summed E-state index contributed by atoms with van der Waals surface area (Å²) in [6.45, 7) is 0. The lowest BCUT2D eigenvalue weighted by molar-refractivity contribution is -0.384. The molecule has 0 aliphatic rings. The normalized spacial score (nSPS) is 11.5. The summed E-state index contributed by atoms with van der Waals surface area (Å²) >= 11 is 0. The number of carbonyl (C=O) groups excluding carboxylic acids is 1. The third-order valence-corrected chi connectivity index (χ3v) is 5.12. The van der Waals surface area contributed by atoms with Crippen LogP contribution in [0, 0.1) is 15.9 Å². The standard InChI is InChI=1S/C25H18FN3O5/c26-19-11-13-21(22(15-19)29(32)33)23-14-12-20(34-23)16-27-28-24(30)25(31,17-7-3-1-4-8-17)18-9-5-2-6-10-18/h1-16,31H,(H,28,30). The smallest absolute Gasteiger partial charge is 0.283 e. The molecule has 0 unspecified atom stereocenters.